The van der Waals surface area contributed by atoms with E-state index in [0.717, 1.165) is 43.9 Å². The molecule has 2 aliphatic heterocycles. The van der Waals surface area contributed by atoms with E-state index in [0.29, 0.717) is 17.8 Å². The van der Waals surface area contributed by atoms with Gasteiger partial charge < -0.3 is 14.6 Å². The molecular weight excluding hydrogens is 326 g/mol. The maximum absolute atomic E-state index is 11.8. The van der Waals surface area contributed by atoms with Gasteiger partial charge in [0, 0.05) is 32.2 Å². The molecule has 2 aromatic heterocycles. The number of hydrogen-bond acceptors (Lipinski definition) is 6. The zero-order valence-electron chi connectivity index (χ0n) is 13.6. The summed E-state index contributed by atoms with van der Waals surface area (Å²) in [6.07, 6.45) is 1.98. The minimum Gasteiger partial charge on any atom is -0.418 e. The fourth-order valence-electron chi connectivity index (χ4n) is 3.48. The van der Waals surface area contributed by atoms with Crippen LogP contribution in [0.3, 0.4) is 0 Å². The number of carbonyl (C=O) groups excluding carboxylic acids is 1. The van der Waals surface area contributed by atoms with Crippen molar-refractivity contribution in [2.75, 3.05) is 26.2 Å². The van der Waals surface area contributed by atoms with E-state index in [2.05, 4.69) is 27.3 Å². The average molecular weight is 347 g/mol. The third-order valence-electron chi connectivity index (χ3n) is 4.91. The summed E-state index contributed by atoms with van der Waals surface area (Å²) >= 11 is 1.60. The van der Waals surface area contributed by atoms with Crippen LogP contribution in [0.5, 0.6) is 0 Å². The first-order chi connectivity index (χ1) is 11.7. The quantitative estimate of drug-likeness (QED) is 0.919. The summed E-state index contributed by atoms with van der Waals surface area (Å²) in [7, 11) is 0. The molecule has 1 N–H and O–H groups in total. The fourth-order valence-corrected chi connectivity index (χ4v) is 4.12. The van der Waals surface area contributed by atoms with Gasteiger partial charge in [-0.05, 0) is 31.2 Å². The molecule has 0 spiro atoms. The maximum Gasteiger partial charge on any atom is 0.317 e. The highest BCUT2D eigenvalue weighted by Gasteiger charge is 2.33. The van der Waals surface area contributed by atoms with Crippen molar-refractivity contribution in [3.63, 3.8) is 0 Å². The fraction of sp³-hybridized carbons (Fsp3) is 0.562. The Morgan fingerprint density at radius 3 is 2.83 bits per heavy atom. The minimum absolute atomic E-state index is 0.0824. The predicted molar refractivity (Wildman–Crippen MR) is 90.7 cm³/mol. The number of nitrogens with zero attached hydrogens (tertiary/aromatic N) is 4. The van der Waals surface area contributed by atoms with Gasteiger partial charge in [0.25, 0.3) is 5.89 Å². The molecule has 1 unspecified atom stereocenters. The lowest BCUT2D eigenvalue weighted by molar-refractivity contribution is 0.101. The van der Waals surface area contributed by atoms with Crippen molar-refractivity contribution in [1.29, 1.82) is 0 Å². The Morgan fingerprint density at radius 1 is 1.33 bits per heavy atom. The highest BCUT2D eigenvalue weighted by atomic mass is 32.1. The van der Waals surface area contributed by atoms with Gasteiger partial charge in [0.05, 0.1) is 10.9 Å². The Morgan fingerprint density at radius 2 is 2.17 bits per heavy atom. The summed E-state index contributed by atoms with van der Waals surface area (Å²) in [5.74, 6) is 1.26. The van der Waals surface area contributed by atoms with Gasteiger partial charge in [-0.15, -0.1) is 21.5 Å². The number of nitrogens with one attached hydrogen (secondary N) is 1. The first-order valence-electron chi connectivity index (χ1n) is 8.38. The molecule has 0 bridgehead atoms. The van der Waals surface area contributed by atoms with E-state index < -0.39 is 0 Å². The van der Waals surface area contributed by atoms with E-state index >= 15 is 0 Å². The molecule has 2 aliphatic rings. The minimum atomic E-state index is 0.0824. The summed E-state index contributed by atoms with van der Waals surface area (Å²) in [6, 6.07) is 4.49. The van der Waals surface area contributed by atoms with Crippen LogP contribution in [0, 0.1) is 0 Å². The second-order valence-corrected chi connectivity index (χ2v) is 7.24. The van der Waals surface area contributed by atoms with Crippen LogP contribution in [0.25, 0.3) is 10.8 Å². The summed E-state index contributed by atoms with van der Waals surface area (Å²) in [4.78, 5) is 17.1. The Hall–Kier alpha value is -1.93. The van der Waals surface area contributed by atoms with Gasteiger partial charge >= 0.3 is 6.03 Å². The van der Waals surface area contributed by atoms with E-state index in [1.54, 1.807) is 11.3 Å². The van der Waals surface area contributed by atoms with Crippen LogP contribution in [0.4, 0.5) is 4.79 Å². The number of thiophene rings is 1. The monoisotopic (exact) mass is 347 g/mol. The SMILES string of the molecule is CC(c1nnc(-c2cccs2)o1)N1CCC(N2CCNC2=O)CC1. The molecule has 4 heterocycles. The zero-order chi connectivity index (χ0) is 16.5. The number of piperidine rings is 1. The van der Waals surface area contributed by atoms with Crippen LogP contribution in [-0.2, 0) is 0 Å². The molecule has 2 fully saturated rings. The smallest absolute Gasteiger partial charge is 0.317 e. The largest absolute Gasteiger partial charge is 0.418 e. The molecule has 7 nitrogen and oxygen atoms in total. The van der Waals surface area contributed by atoms with Crippen molar-refractivity contribution in [1.82, 2.24) is 25.3 Å². The van der Waals surface area contributed by atoms with E-state index in [9.17, 15) is 4.79 Å². The Balaban J connectivity index is 1.38. The molecule has 2 saturated heterocycles. The first-order valence-corrected chi connectivity index (χ1v) is 9.26. The van der Waals surface area contributed by atoms with Gasteiger partial charge in [0.2, 0.25) is 5.89 Å². The predicted octanol–water partition coefficient (Wildman–Crippen LogP) is 2.35. The third kappa shape index (κ3) is 2.91. The van der Waals surface area contributed by atoms with E-state index in [1.165, 1.54) is 0 Å². The van der Waals surface area contributed by atoms with Gasteiger partial charge in [-0.1, -0.05) is 6.07 Å². The van der Waals surface area contributed by atoms with E-state index in [-0.39, 0.29) is 12.1 Å². The molecule has 0 aliphatic carbocycles. The first kappa shape index (κ1) is 15.6. The molecule has 8 heteroatoms. The number of amides is 2. The summed E-state index contributed by atoms with van der Waals surface area (Å²) in [5.41, 5.74) is 0. The highest BCUT2D eigenvalue weighted by Crippen LogP contribution is 2.29. The Labute approximate surface area is 144 Å². The summed E-state index contributed by atoms with van der Waals surface area (Å²) in [6.45, 7) is 5.57. The number of likely N-dealkylation sites (tertiary alicyclic amines) is 1. The molecule has 2 amide bonds. The number of aromatic nitrogens is 2. The highest BCUT2D eigenvalue weighted by molar-refractivity contribution is 7.13. The van der Waals surface area contributed by atoms with Gasteiger partial charge in [0.15, 0.2) is 0 Å². The van der Waals surface area contributed by atoms with E-state index in [4.69, 9.17) is 4.42 Å². The standard InChI is InChI=1S/C16H21N5O2S/c1-11(14-18-19-15(23-14)13-3-2-10-24-13)20-7-4-12(5-8-20)21-9-6-17-16(21)22/h2-3,10-12H,4-9H2,1H3,(H,17,22). The van der Waals surface area contributed by atoms with Crippen LogP contribution in [0.2, 0.25) is 0 Å². The van der Waals surface area contributed by atoms with Gasteiger partial charge in [-0.25, -0.2) is 4.79 Å². The normalized spacial score (nSPS) is 21.2. The van der Waals surface area contributed by atoms with Gasteiger partial charge in [-0.3, -0.25) is 4.90 Å². The average Bonchev–Trinajstić information content (AvgIpc) is 3.35. The molecule has 0 saturated carbocycles. The van der Waals surface area contributed by atoms with Gasteiger partial charge in [0.1, 0.15) is 0 Å². The van der Waals surface area contributed by atoms with Crippen LogP contribution in [-0.4, -0.2) is 58.2 Å². The zero-order valence-corrected chi connectivity index (χ0v) is 14.5. The Kier molecular flexibility index (Phi) is 4.24. The molecule has 0 aromatic carbocycles. The van der Waals surface area contributed by atoms with Crippen LogP contribution in [0.1, 0.15) is 31.7 Å². The van der Waals surface area contributed by atoms with E-state index in [1.807, 2.05) is 22.4 Å². The molecule has 1 atom stereocenters. The molecule has 4 rings (SSSR count). The topological polar surface area (TPSA) is 74.5 Å². The van der Waals surface area contributed by atoms with Crippen molar-refractivity contribution in [2.45, 2.75) is 31.8 Å². The van der Waals surface area contributed by atoms with Crippen molar-refractivity contribution < 1.29 is 9.21 Å². The van der Waals surface area contributed by atoms with Crippen molar-refractivity contribution in [2.24, 2.45) is 0 Å². The number of urea groups is 1. The lowest BCUT2D eigenvalue weighted by Crippen LogP contribution is -2.46. The summed E-state index contributed by atoms with van der Waals surface area (Å²) in [5, 5.41) is 13.3. The second-order valence-electron chi connectivity index (χ2n) is 6.29. The second kappa shape index (κ2) is 6.52. The van der Waals surface area contributed by atoms with Crippen LogP contribution >= 0.6 is 11.3 Å². The number of carbonyl (C=O) groups is 1. The van der Waals surface area contributed by atoms with Crippen LogP contribution < -0.4 is 5.32 Å². The molecular formula is C16H21N5O2S. The molecule has 128 valence electrons. The molecule has 24 heavy (non-hydrogen) atoms. The maximum atomic E-state index is 11.8. The Bertz CT molecular complexity index is 693. The number of rotatable bonds is 4. The number of hydrogen-bond donors (Lipinski definition) is 1. The molecule has 0 radical (unpaired) electrons. The summed E-state index contributed by atoms with van der Waals surface area (Å²) < 4.78 is 5.86. The van der Waals surface area contributed by atoms with Crippen molar-refractivity contribution >= 4 is 17.4 Å². The molecule has 2 aromatic rings. The van der Waals surface area contributed by atoms with Crippen LogP contribution in [0.15, 0.2) is 21.9 Å². The van der Waals surface area contributed by atoms with Gasteiger partial charge in [-0.2, -0.15) is 0 Å². The van der Waals surface area contributed by atoms with Crippen molar-refractivity contribution in [3.05, 3.63) is 23.4 Å². The third-order valence-corrected chi connectivity index (χ3v) is 5.77. The van der Waals surface area contributed by atoms with Crippen molar-refractivity contribution in [3.8, 4) is 10.8 Å². The lowest BCUT2D eigenvalue weighted by Gasteiger charge is -2.37. The lowest BCUT2D eigenvalue weighted by atomic mass is 10.0.